The van der Waals surface area contributed by atoms with Crippen LogP contribution in [-0.4, -0.2) is 33.7 Å². The summed E-state index contributed by atoms with van der Waals surface area (Å²) < 4.78 is 0. The fraction of sp³-hybridized carbons (Fsp3) is 0.333. The minimum atomic E-state index is -0.857. The topological polar surface area (TPSA) is 127 Å². The van der Waals surface area contributed by atoms with E-state index in [0.717, 1.165) is 9.79 Å². The number of nitrogen functional groups attached to an aromatic ring is 2. The molecule has 0 saturated heterocycles. The predicted octanol–water partition coefficient (Wildman–Crippen LogP) is 1.98. The van der Waals surface area contributed by atoms with Crippen LogP contribution in [0.4, 0.5) is 11.4 Å². The fourth-order valence-electron chi connectivity index (χ4n) is 1.34. The Morgan fingerprint density at radius 3 is 1.55 bits per heavy atom. The molecule has 0 heterocycles. The summed E-state index contributed by atoms with van der Waals surface area (Å²) in [7, 11) is 0. The number of carboxylic acid groups (broad SMARTS) is 2. The molecule has 0 fully saturated rings. The number of anilines is 2. The van der Waals surface area contributed by atoms with Gasteiger partial charge in [0, 0.05) is 32.7 Å². The molecule has 110 valence electrons. The van der Waals surface area contributed by atoms with Gasteiger partial charge in [-0.3, -0.25) is 9.59 Å². The van der Waals surface area contributed by atoms with Gasteiger partial charge in [0.05, 0.1) is 12.8 Å². The normalized spacial score (nSPS) is 10.4. The van der Waals surface area contributed by atoms with E-state index < -0.39 is 11.9 Å². The summed E-state index contributed by atoms with van der Waals surface area (Å²) in [5.74, 6) is -0.871. The first kappa shape index (κ1) is 16.5. The zero-order chi connectivity index (χ0) is 15.1. The van der Waals surface area contributed by atoms with E-state index >= 15 is 0 Å². The number of rotatable bonds is 8. The molecule has 1 aromatic carbocycles. The lowest BCUT2D eigenvalue weighted by molar-refractivity contribution is -0.137. The lowest BCUT2D eigenvalue weighted by atomic mass is 10.3. The van der Waals surface area contributed by atoms with Gasteiger partial charge in [-0.1, -0.05) is 0 Å². The van der Waals surface area contributed by atoms with Gasteiger partial charge in [0.1, 0.15) is 0 Å². The van der Waals surface area contributed by atoms with Gasteiger partial charge in [0.25, 0.3) is 0 Å². The number of thioether (sulfide) groups is 2. The minimum absolute atomic E-state index is 0.0547. The number of nitrogens with two attached hydrogens (primary N) is 2. The Labute approximate surface area is 124 Å². The van der Waals surface area contributed by atoms with Gasteiger partial charge in [-0.05, 0) is 12.1 Å². The van der Waals surface area contributed by atoms with Crippen LogP contribution >= 0.6 is 23.5 Å². The van der Waals surface area contributed by atoms with E-state index in [1.54, 1.807) is 12.1 Å². The molecule has 0 aromatic heterocycles. The van der Waals surface area contributed by atoms with Gasteiger partial charge in [0.15, 0.2) is 0 Å². The van der Waals surface area contributed by atoms with Crippen LogP contribution in [0.3, 0.4) is 0 Å². The summed E-state index contributed by atoms with van der Waals surface area (Å²) in [6.45, 7) is 0. The van der Waals surface area contributed by atoms with Gasteiger partial charge in [-0.25, -0.2) is 0 Å². The van der Waals surface area contributed by atoms with E-state index in [0.29, 0.717) is 22.9 Å². The van der Waals surface area contributed by atoms with Crippen molar-refractivity contribution in [2.45, 2.75) is 22.6 Å². The zero-order valence-corrected chi connectivity index (χ0v) is 12.3. The van der Waals surface area contributed by atoms with Gasteiger partial charge in [-0.2, -0.15) is 0 Å². The second kappa shape index (κ2) is 7.91. The zero-order valence-electron chi connectivity index (χ0n) is 10.7. The maximum absolute atomic E-state index is 10.4. The molecule has 1 rings (SSSR count). The van der Waals surface area contributed by atoms with Crippen molar-refractivity contribution in [2.24, 2.45) is 0 Å². The van der Waals surface area contributed by atoms with Gasteiger partial charge in [-0.15, -0.1) is 23.5 Å². The Kier molecular flexibility index (Phi) is 6.53. The largest absolute Gasteiger partial charge is 0.481 e. The lowest BCUT2D eigenvalue weighted by Crippen LogP contribution is -2.00. The molecular formula is C12H16N2O4S2. The standard InChI is InChI=1S/C12H16N2O4S2/c13-7-6-10(20-4-2-12(17)18)8(14)5-9(7)19-3-1-11(15)16/h5-6H,1-4,13-14H2,(H,15,16)(H,17,18). The smallest absolute Gasteiger partial charge is 0.304 e. The summed E-state index contributed by atoms with van der Waals surface area (Å²) in [5.41, 5.74) is 12.8. The maximum Gasteiger partial charge on any atom is 0.304 e. The van der Waals surface area contributed by atoms with E-state index in [4.69, 9.17) is 21.7 Å². The Balaban J connectivity index is 2.65. The molecule has 0 spiro atoms. The van der Waals surface area contributed by atoms with Crippen molar-refractivity contribution in [3.05, 3.63) is 12.1 Å². The molecule has 0 aliphatic heterocycles. The predicted molar refractivity (Wildman–Crippen MR) is 81.2 cm³/mol. The highest BCUT2D eigenvalue weighted by atomic mass is 32.2. The van der Waals surface area contributed by atoms with Crippen LogP contribution in [0.15, 0.2) is 21.9 Å². The molecule has 0 atom stereocenters. The van der Waals surface area contributed by atoms with Crippen LogP contribution < -0.4 is 11.5 Å². The highest BCUT2D eigenvalue weighted by molar-refractivity contribution is 8.00. The van der Waals surface area contributed by atoms with E-state index in [9.17, 15) is 9.59 Å². The number of aliphatic carboxylic acids is 2. The molecule has 8 heteroatoms. The Morgan fingerprint density at radius 1 is 0.900 bits per heavy atom. The second-order valence-electron chi connectivity index (χ2n) is 3.91. The first-order chi connectivity index (χ1) is 9.40. The number of hydrogen-bond acceptors (Lipinski definition) is 6. The van der Waals surface area contributed by atoms with Gasteiger partial charge >= 0.3 is 11.9 Å². The minimum Gasteiger partial charge on any atom is -0.481 e. The molecule has 0 saturated carbocycles. The molecule has 1 aromatic rings. The van der Waals surface area contributed by atoms with Crippen LogP contribution in [0.1, 0.15) is 12.8 Å². The molecule has 6 N–H and O–H groups in total. The van der Waals surface area contributed by atoms with Crippen molar-refractivity contribution in [3.8, 4) is 0 Å². The fourth-order valence-corrected chi connectivity index (χ4v) is 3.20. The summed E-state index contributed by atoms with van der Waals surface area (Å²) >= 11 is 2.68. The van der Waals surface area contributed by atoms with Crippen molar-refractivity contribution in [2.75, 3.05) is 23.0 Å². The molecule has 0 aliphatic carbocycles. The molecule has 0 bridgehead atoms. The monoisotopic (exact) mass is 316 g/mol. The van der Waals surface area contributed by atoms with Crippen molar-refractivity contribution < 1.29 is 19.8 Å². The molecule has 6 nitrogen and oxygen atoms in total. The second-order valence-corrected chi connectivity index (χ2v) is 6.19. The molecular weight excluding hydrogens is 300 g/mol. The SMILES string of the molecule is Nc1cc(SCCC(=O)O)c(N)cc1SCCC(=O)O. The lowest BCUT2D eigenvalue weighted by Gasteiger charge is -2.10. The summed E-state index contributed by atoms with van der Waals surface area (Å²) in [5, 5.41) is 17.2. The number of carbonyl (C=O) groups is 2. The molecule has 0 aliphatic rings. The van der Waals surface area contributed by atoms with Crippen LogP contribution in [-0.2, 0) is 9.59 Å². The first-order valence-electron chi connectivity index (χ1n) is 5.78. The van der Waals surface area contributed by atoms with Crippen LogP contribution in [0, 0.1) is 0 Å². The van der Waals surface area contributed by atoms with E-state index in [-0.39, 0.29) is 12.8 Å². The maximum atomic E-state index is 10.4. The summed E-state index contributed by atoms with van der Waals surface area (Å²) in [4.78, 5) is 22.4. The van der Waals surface area contributed by atoms with Crippen LogP contribution in [0.25, 0.3) is 0 Å². The molecule has 0 amide bonds. The number of benzene rings is 1. The Hall–Kier alpha value is -1.54. The highest BCUT2D eigenvalue weighted by Crippen LogP contribution is 2.35. The Morgan fingerprint density at radius 2 is 1.25 bits per heavy atom. The number of hydrogen-bond donors (Lipinski definition) is 4. The Bertz CT molecular complexity index is 463. The van der Waals surface area contributed by atoms with E-state index in [1.165, 1.54) is 23.5 Å². The molecule has 0 radical (unpaired) electrons. The third-order valence-electron chi connectivity index (χ3n) is 2.29. The van der Waals surface area contributed by atoms with Crippen molar-refractivity contribution in [1.29, 1.82) is 0 Å². The number of carboxylic acids is 2. The van der Waals surface area contributed by atoms with Crippen LogP contribution in [0.5, 0.6) is 0 Å². The van der Waals surface area contributed by atoms with Gasteiger partial charge < -0.3 is 21.7 Å². The van der Waals surface area contributed by atoms with Crippen molar-refractivity contribution in [1.82, 2.24) is 0 Å². The third-order valence-corrected chi connectivity index (χ3v) is 4.43. The van der Waals surface area contributed by atoms with E-state index in [2.05, 4.69) is 0 Å². The van der Waals surface area contributed by atoms with E-state index in [1.807, 2.05) is 0 Å². The highest BCUT2D eigenvalue weighted by Gasteiger charge is 2.09. The van der Waals surface area contributed by atoms with Gasteiger partial charge in [0.2, 0.25) is 0 Å². The molecule has 20 heavy (non-hydrogen) atoms. The summed E-state index contributed by atoms with van der Waals surface area (Å²) in [6.07, 6.45) is 0.109. The van der Waals surface area contributed by atoms with Crippen LogP contribution in [0.2, 0.25) is 0 Å². The summed E-state index contributed by atoms with van der Waals surface area (Å²) in [6, 6.07) is 3.40. The average molecular weight is 316 g/mol. The molecule has 0 unspecified atom stereocenters. The quantitative estimate of drug-likeness (QED) is 0.423. The third kappa shape index (κ3) is 5.62. The van der Waals surface area contributed by atoms with Crippen molar-refractivity contribution in [3.63, 3.8) is 0 Å². The average Bonchev–Trinajstić information content (AvgIpc) is 2.33. The first-order valence-corrected chi connectivity index (χ1v) is 7.75. The van der Waals surface area contributed by atoms with Crippen molar-refractivity contribution >= 4 is 46.8 Å².